The average Bonchev–Trinajstić information content (AvgIpc) is 1.97. The van der Waals surface area contributed by atoms with E-state index in [4.69, 9.17) is 0 Å². The third-order valence-electron chi connectivity index (χ3n) is 1.71. The van der Waals surface area contributed by atoms with Gasteiger partial charge in [0.05, 0.1) is 0 Å². The standard InChI is InChI=1S/C9H10Br2/c1-3-7-5-8(10)6(2)4-9(7)11/h4-5H,3H2,1-2H3. The molecular weight excluding hydrogens is 268 g/mol. The molecule has 0 aromatic heterocycles. The van der Waals surface area contributed by atoms with Gasteiger partial charge in [0, 0.05) is 8.95 Å². The van der Waals surface area contributed by atoms with Gasteiger partial charge in [0.15, 0.2) is 0 Å². The first-order valence-corrected chi connectivity index (χ1v) is 5.18. The first-order valence-electron chi connectivity index (χ1n) is 3.59. The molecule has 11 heavy (non-hydrogen) atoms. The van der Waals surface area contributed by atoms with E-state index in [1.54, 1.807) is 0 Å². The van der Waals surface area contributed by atoms with Crippen LogP contribution in [-0.2, 0) is 6.42 Å². The van der Waals surface area contributed by atoms with Crippen LogP contribution >= 0.6 is 31.9 Å². The van der Waals surface area contributed by atoms with Crippen molar-refractivity contribution in [2.75, 3.05) is 0 Å². The molecule has 0 bridgehead atoms. The maximum absolute atomic E-state index is 3.52. The van der Waals surface area contributed by atoms with Crippen LogP contribution < -0.4 is 0 Å². The fraction of sp³-hybridized carbons (Fsp3) is 0.333. The van der Waals surface area contributed by atoms with Gasteiger partial charge >= 0.3 is 0 Å². The minimum Gasteiger partial charge on any atom is -0.0613 e. The third-order valence-corrected chi connectivity index (χ3v) is 3.30. The largest absolute Gasteiger partial charge is 0.0613 e. The van der Waals surface area contributed by atoms with Crippen LogP contribution in [0.4, 0.5) is 0 Å². The highest BCUT2D eigenvalue weighted by atomic mass is 79.9. The zero-order valence-electron chi connectivity index (χ0n) is 6.62. The van der Waals surface area contributed by atoms with Gasteiger partial charge in [0.2, 0.25) is 0 Å². The molecule has 0 aliphatic rings. The van der Waals surface area contributed by atoms with Crippen LogP contribution in [0.25, 0.3) is 0 Å². The Morgan fingerprint density at radius 3 is 2.36 bits per heavy atom. The van der Waals surface area contributed by atoms with Gasteiger partial charge in [-0.25, -0.2) is 0 Å². The molecular formula is C9H10Br2. The maximum Gasteiger partial charge on any atom is 0.0210 e. The molecule has 0 saturated carbocycles. The van der Waals surface area contributed by atoms with Crippen LogP contribution in [0.3, 0.4) is 0 Å². The summed E-state index contributed by atoms with van der Waals surface area (Å²) in [5.41, 5.74) is 2.62. The summed E-state index contributed by atoms with van der Waals surface area (Å²) in [7, 11) is 0. The Bertz CT molecular complexity index is 267. The van der Waals surface area contributed by atoms with Gasteiger partial charge in [0.25, 0.3) is 0 Å². The Morgan fingerprint density at radius 1 is 1.18 bits per heavy atom. The van der Waals surface area contributed by atoms with Crippen molar-refractivity contribution in [2.24, 2.45) is 0 Å². The fourth-order valence-electron chi connectivity index (χ4n) is 0.958. The molecule has 0 amide bonds. The van der Waals surface area contributed by atoms with Crippen LogP contribution in [0.5, 0.6) is 0 Å². The van der Waals surface area contributed by atoms with E-state index >= 15 is 0 Å². The Morgan fingerprint density at radius 2 is 1.82 bits per heavy atom. The first-order chi connectivity index (χ1) is 5.15. The monoisotopic (exact) mass is 276 g/mol. The lowest BCUT2D eigenvalue weighted by Gasteiger charge is -2.04. The average molecular weight is 278 g/mol. The van der Waals surface area contributed by atoms with Crippen molar-refractivity contribution in [3.05, 3.63) is 32.2 Å². The van der Waals surface area contributed by atoms with Crippen molar-refractivity contribution in [1.29, 1.82) is 0 Å². The normalized spacial score (nSPS) is 10.2. The van der Waals surface area contributed by atoms with Crippen LogP contribution in [-0.4, -0.2) is 0 Å². The Kier molecular flexibility index (Phi) is 3.14. The second-order valence-corrected chi connectivity index (χ2v) is 4.26. The molecule has 0 spiro atoms. The predicted molar refractivity (Wildman–Crippen MR) is 56.0 cm³/mol. The van der Waals surface area contributed by atoms with Gasteiger partial charge in [-0.2, -0.15) is 0 Å². The molecule has 1 rings (SSSR count). The summed E-state index contributed by atoms with van der Waals surface area (Å²) in [4.78, 5) is 0. The summed E-state index contributed by atoms with van der Waals surface area (Å²) in [6.07, 6.45) is 1.07. The summed E-state index contributed by atoms with van der Waals surface area (Å²) in [6, 6.07) is 4.31. The van der Waals surface area contributed by atoms with Gasteiger partial charge < -0.3 is 0 Å². The molecule has 60 valence electrons. The van der Waals surface area contributed by atoms with Crippen LogP contribution in [0.15, 0.2) is 21.1 Å². The van der Waals surface area contributed by atoms with Gasteiger partial charge in [-0.1, -0.05) is 38.8 Å². The summed E-state index contributed by atoms with van der Waals surface area (Å²) < 4.78 is 2.40. The van der Waals surface area contributed by atoms with E-state index in [0.717, 1.165) is 6.42 Å². The Labute approximate surface area is 84.3 Å². The van der Waals surface area contributed by atoms with E-state index in [1.807, 2.05) is 0 Å². The lowest BCUT2D eigenvalue weighted by atomic mass is 10.1. The van der Waals surface area contributed by atoms with Crippen molar-refractivity contribution < 1.29 is 0 Å². The second kappa shape index (κ2) is 3.72. The molecule has 1 aromatic rings. The molecule has 0 aliphatic carbocycles. The predicted octanol–water partition coefficient (Wildman–Crippen LogP) is 4.08. The van der Waals surface area contributed by atoms with Gasteiger partial charge in [-0.3, -0.25) is 0 Å². The van der Waals surface area contributed by atoms with Crippen molar-refractivity contribution in [3.63, 3.8) is 0 Å². The topological polar surface area (TPSA) is 0 Å². The SMILES string of the molecule is CCc1cc(Br)c(C)cc1Br. The van der Waals surface area contributed by atoms with E-state index in [0.29, 0.717) is 0 Å². The van der Waals surface area contributed by atoms with Crippen LogP contribution in [0.2, 0.25) is 0 Å². The Hall–Kier alpha value is 0.180. The molecule has 0 saturated heterocycles. The third kappa shape index (κ3) is 2.06. The van der Waals surface area contributed by atoms with Gasteiger partial charge in [0.1, 0.15) is 0 Å². The number of hydrogen-bond donors (Lipinski definition) is 0. The number of rotatable bonds is 1. The molecule has 0 aliphatic heterocycles. The molecule has 0 nitrogen and oxygen atoms in total. The lowest BCUT2D eigenvalue weighted by molar-refractivity contribution is 1.12. The number of halogens is 2. The summed E-state index contributed by atoms with van der Waals surface area (Å²) in [5, 5.41) is 0. The highest BCUT2D eigenvalue weighted by Crippen LogP contribution is 2.25. The van der Waals surface area contributed by atoms with E-state index < -0.39 is 0 Å². The number of benzene rings is 1. The Balaban J connectivity index is 3.21. The number of hydrogen-bond acceptors (Lipinski definition) is 0. The summed E-state index contributed by atoms with van der Waals surface area (Å²) in [5.74, 6) is 0. The summed E-state index contributed by atoms with van der Waals surface area (Å²) >= 11 is 7.02. The van der Waals surface area contributed by atoms with Crippen molar-refractivity contribution in [1.82, 2.24) is 0 Å². The van der Waals surface area contributed by atoms with E-state index in [-0.39, 0.29) is 0 Å². The second-order valence-electron chi connectivity index (χ2n) is 2.55. The van der Waals surface area contributed by atoms with Crippen LogP contribution in [0, 0.1) is 6.92 Å². The van der Waals surface area contributed by atoms with Crippen molar-refractivity contribution in [2.45, 2.75) is 20.3 Å². The van der Waals surface area contributed by atoms with Crippen molar-refractivity contribution >= 4 is 31.9 Å². The molecule has 0 radical (unpaired) electrons. The van der Waals surface area contributed by atoms with Gasteiger partial charge in [-0.15, -0.1) is 0 Å². The minimum atomic E-state index is 1.07. The van der Waals surface area contributed by atoms with E-state index in [2.05, 4.69) is 57.8 Å². The van der Waals surface area contributed by atoms with Crippen molar-refractivity contribution in [3.8, 4) is 0 Å². The summed E-state index contributed by atoms with van der Waals surface area (Å²) in [6.45, 7) is 4.25. The molecule has 0 heterocycles. The number of aryl methyl sites for hydroxylation is 2. The maximum atomic E-state index is 3.52. The van der Waals surface area contributed by atoms with E-state index in [9.17, 15) is 0 Å². The highest BCUT2D eigenvalue weighted by Gasteiger charge is 2.00. The zero-order chi connectivity index (χ0) is 8.43. The zero-order valence-corrected chi connectivity index (χ0v) is 9.79. The smallest absolute Gasteiger partial charge is 0.0210 e. The molecule has 0 atom stereocenters. The molecule has 0 fully saturated rings. The fourth-order valence-corrected chi connectivity index (χ4v) is 2.09. The molecule has 0 N–H and O–H groups in total. The van der Waals surface area contributed by atoms with Gasteiger partial charge in [-0.05, 0) is 36.6 Å². The molecule has 0 unspecified atom stereocenters. The molecule has 2 heteroatoms. The highest BCUT2D eigenvalue weighted by molar-refractivity contribution is 9.11. The minimum absolute atomic E-state index is 1.07. The first kappa shape index (κ1) is 9.27. The van der Waals surface area contributed by atoms with E-state index in [1.165, 1.54) is 20.1 Å². The quantitative estimate of drug-likeness (QED) is 0.726. The lowest BCUT2D eigenvalue weighted by Crippen LogP contribution is -1.85. The van der Waals surface area contributed by atoms with Crippen LogP contribution in [0.1, 0.15) is 18.1 Å². The molecule has 1 aromatic carbocycles.